The summed E-state index contributed by atoms with van der Waals surface area (Å²) in [6.45, 7) is 1.63. The number of rotatable bonds is 4. The Morgan fingerprint density at radius 3 is 2.91 bits per heavy atom. The van der Waals surface area contributed by atoms with E-state index in [2.05, 4.69) is 11.4 Å². The number of allylic oxidation sites excluding steroid dienone is 1. The number of carbonyl (C=O) groups excluding carboxylic acids is 2. The average Bonchev–Trinajstić information content (AvgIpc) is 3.24. The molecule has 7 heteroatoms. The first-order valence-corrected chi connectivity index (χ1v) is 9.43. The van der Waals surface area contributed by atoms with Crippen LogP contribution in [0.15, 0.2) is 28.1 Å². The first-order chi connectivity index (χ1) is 11.2. The second kappa shape index (κ2) is 7.20. The summed E-state index contributed by atoms with van der Waals surface area (Å²) >= 11 is 2.82. The van der Waals surface area contributed by atoms with Gasteiger partial charge in [0.25, 0.3) is 0 Å². The number of carbonyl (C=O) groups is 2. The molecule has 0 bridgehead atoms. The zero-order chi connectivity index (χ0) is 16.2. The summed E-state index contributed by atoms with van der Waals surface area (Å²) < 4.78 is 0. The molecule has 3 rings (SSSR count). The van der Waals surface area contributed by atoms with Crippen molar-refractivity contribution < 1.29 is 9.59 Å². The molecule has 3 heterocycles. The topological polar surface area (TPSA) is 73.2 Å². The van der Waals surface area contributed by atoms with Crippen LogP contribution in [0.1, 0.15) is 30.1 Å². The molecule has 1 saturated heterocycles. The normalized spacial score (nSPS) is 21.3. The van der Waals surface area contributed by atoms with Gasteiger partial charge < -0.3 is 10.2 Å². The van der Waals surface area contributed by atoms with Gasteiger partial charge in [-0.25, -0.2) is 0 Å². The number of nitrogens with one attached hydrogen (secondary N) is 1. The number of likely N-dealkylation sites (tertiary alicyclic amines) is 1. The fourth-order valence-electron chi connectivity index (χ4n) is 2.86. The zero-order valence-corrected chi connectivity index (χ0v) is 14.2. The Bertz CT molecular complexity index is 670. The highest BCUT2D eigenvalue weighted by atomic mass is 32.2. The lowest BCUT2D eigenvalue weighted by molar-refractivity contribution is -0.127. The van der Waals surface area contributed by atoms with Crippen molar-refractivity contribution in [3.05, 3.63) is 33.0 Å². The molecule has 120 valence electrons. The number of hydrogen-bond acceptors (Lipinski definition) is 5. The summed E-state index contributed by atoms with van der Waals surface area (Å²) in [5, 5.41) is 14.8. The molecular formula is C16H17N3O2S2. The quantitative estimate of drug-likeness (QED) is 0.908. The molecule has 0 unspecified atom stereocenters. The van der Waals surface area contributed by atoms with E-state index in [0.29, 0.717) is 10.6 Å². The van der Waals surface area contributed by atoms with E-state index in [9.17, 15) is 14.9 Å². The van der Waals surface area contributed by atoms with Crippen LogP contribution < -0.4 is 5.32 Å². The Morgan fingerprint density at radius 2 is 2.26 bits per heavy atom. The zero-order valence-electron chi connectivity index (χ0n) is 12.6. The third-order valence-corrected chi connectivity index (χ3v) is 6.03. The van der Waals surface area contributed by atoms with Crippen LogP contribution in [0, 0.1) is 11.3 Å². The molecule has 2 aliphatic heterocycles. The number of amides is 2. The van der Waals surface area contributed by atoms with E-state index in [1.807, 2.05) is 22.4 Å². The van der Waals surface area contributed by atoms with E-state index in [1.165, 1.54) is 11.8 Å². The first-order valence-electron chi connectivity index (χ1n) is 7.57. The molecule has 0 radical (unpaired) electrons. The SMILES string of the molecule is N#CC1=C(SCC(=O)N2CCCC2)NC(=O)C[C@H]1c1cccs1. The van der Waals surface area contributed by atoms with E-state index >= 15 is 0 Å². The molecule has 2 aliphatic rings. The first kappa shape index (κ1) is 16.1. The third-order valence-electron chi connectivity index (χ3n) is 4.04. The summed E-state index contributed by atoms with van der Waals surface area (Å²) in [5.74, 6) is 0.0410. The lowest BCUT2D eigenvalue weighted by Gasteiger charge is -2.24. The number of thioether (sulfide) groups is 1. The van der Waals surface area contributed by atoms with Crippen LogP contribution >= 0.6 is 23.1 Å². The van der Waals surface area contributed by atoms with E-state index in [0.717, 1.165) is 30.8 Å². The van der Waals surface area contributed by atoms with E-state index < -0.39 is 0 Å². The van der Waals surface area contributed by atoms with E-state index in [4.69, 9.17) is 0 Å². The van der Waals surface area contributed by atoms with Gasteiger partial charge in [0.05, 0.1) is 22.4 Å². The van der Waals surface area contributed by atoms with Gasteiger partial charge in [0.2, 0.25) is 11.8 Å². The van der Waals surface area contributed by atoms with Gasteiger partial charge in [0.1, 0.15) is 0 Å². The predicted molar refractivity (Wildman–Crippen MR) is 90.7 cm³/mol. The van der Waals surface area contributed by atoms with Crippen molar-refractivity contribution in [2.24, 2.45) is 0 Å². The molecule has 1 fully saturated rings. The van der Waals surface area contributed by atoms with Gasteiger partial charge in [-0.3, -0.25) is 9.59 Å². The summed E-state index contributed by atoms with van der Waals surface area (Å²) in [4.78, 5) is 27.0. The Labute approximate surface area is 143 Å². The molecule has 1 atom stereocenters. The molecule has 0 saturated carbocycles. The number of hydrogen-bond donors (Lipinski definition) is 1. The van der Waals surface area contributed by atoms with Crippen molar-refractivity contribution >= 4 is 34.9 Å². The monoisotopic (exact) mass is 347 g/mol. The molecule has 2 amide bonds. The maximum Gasteiger partial charge on any atom is 0.232 e. The molecule has 1 aromatic rings. The number of nitrogens with zero attached hydrogens (tertiary/aromatic N) is 2. The Morgan fingerprint density at radius 1 is 1.48 bits per heavy atom. The molecular weight excluding hydrogens is 330 g/mol. The average molecular weight is 347 g/mol. The molecule has 5 nitrogen and oxygen atoms in total. The van der Waals surface area contributed by atoms with Gasteiger partial charge in [0.15, 0.2) is 0 Å². The summed E-state index contributed by atoms with van der Waals surface area (Å²) in [6.07, 6.45) is 2.40. The van der Waals surface area contributed by atoms with Crippen LogP contribution in [0.2, 0.25) is 0 Å². The Kier molecular flexibility index (Phi) is 5.03. The minimum Gasteiger partial charge on any atom is -0.342 e. The fourth-order valence-corrected chi connectivity index (χ4v) is 4.67. The predicted octanol–water partition coefficient (Wildman–Crippen LogP) is 2.44. The van der Waals surface area contributed by atoms with E-state index in [-0.39, 0.29) is 29.9 Å². The highest BCUT2D eigenvalue weighted by Crippen LogP contribution is 2.37. The van der Waals surface area contributed by atoms with E-state index in [1.54, 1.807) is 11.3 Å². The van der Waals surface area contributed by atoms with Crippen LogP contribution in [0.5, 0.6) is 0 Å². The molecule has 0 aromatic carbocycles. The van der Waals surface area contributed by atoms with Crippen LogP contribution in [0.25, 0.3) is 0 Å². The Balaban J connectivity index is 1.75. The highest BCUT2D eigenvalue weighted by molar-refractivity contribution is 8.03. The third kappa shape index (κ3) is 3.59. The number of nitriles is 1. The molecule has 0 spiro atoms. The van der Waals surface area contributed by atoms with Gasteiger partial charge in [-0.15, -0.1) is 11.3 Å². The van der Waals surface area contributed by atoms with Crippen molar-refractivity contribution in [3.63, 3.8) is 0 Å². The summed E-state index contributed by atoms with van der Waals surface area (Å²) in [7, 11) is 0. The van der Waals surface area contributed by atoms with Crippen LogP contribution in [0.4, 0.5) is 0 Å². The summed E-state index contributed by atoms with van der Waals surface area (Å²) in [6, 6.07) is 6.10. The molecule has 1 aromatic heterocycles. The van der Waals surface area contributed by atoms with Crippen molar-refractivity contribution in [2.45, 2.75) is 25.2 Å². The van der Waals surface area contributed by atoms with Crippen molar-refractivity contribution in [2.75, 3.05) is 18.8 Å². The second-order valence-electron chi connectivity index (χ2n) is 5.55. The number of thiophene rings is 1. The molecule has 1 N–H and O–H groups in total. The van der Waals surface area contributed by atoms with Gasteiger partial charge in [-0.1, -0.05) is 17.8 Å². The lowest BCUT2D eigenvalue weighted by Crippen LogP contribution is -2.33. The lowest BCUT2D eigenvalue weighted by atomic mass is 9.93. The minimum absolute atomic E-state index is 0.0739. The highest BCUT2D eigenvalue weighted by Gasteiger charge is 2.30. The fraction of sp³-hybridized carbons (Fsp3) is 0.438. The van der Waals surface area contributed by atoms with Gasteiger partial charge in [0, 0.05) is 30.3 Å². The van der Waals surface area contributed by atoms with Gasteiger partial charge >= 0.3 is 0 Å². The standard InChI is InChI=1S/C16H17N3O2S2/c17-9-12-11(13-4-3-7-22-13)8-14(20)18-16(12)23-10-15(21)19-5-1-2-6-19/h3-4,7,11H,1-2,5-6,8,10H2,(H,18,20)/t11-/m1/s1. The maximum absolute atomic E-state index is 12.2. The Hall–Kier alpha value is -1.78. The smallest absolute Gasteiger partial charge is 0.232 e. The van der Waals surface area contributed by atoms with Crippen LogP contribution in [0.3, 0.4) is 0 Å². The van der Waals surface area contributed by atoms with Crippen LogP contribution in [-0.2, 0) is 9.59 Å². The largest absolute Gasteiger partial charge is 0.342 e. The van der Waals surface area contributed by atoms with Crippen LogP contribution in [-0.4, -0.2) is 35.6 Å². The van der Waals surface area contributed by atoms with Crippen molar-refractivity contribution in [1.29, 1.82) is 5.26 Å². The van der Waals surface area contributed by atoms with Gasteiger partial charge in [-0.05, 0) is 24.3 Å². The maximum atomic E-state index is 12.2. The second-order valence-corrected chi connectivity index (χ2v) is 7.52. The molecule has 0 aliphatic carbocycles. The van der Waals surface area contributed by atoms with Crippen molar-refractivity contribution in [1.82, 2.24) is 10.2 Å². The summed E-state index contributed by atoms with van der Waals surface area (Å²) in [5.41, 5.74) is 0.561. The van der Waals surface area contributed by atoms with Gasteiger partial charge in [-0.2, -0.15) is 5.26 Å². The minimum atomic E-state index is -0.196. The van der Waals surface area contributed by atoms with Crippen molar-refractivity contribution in [3.8, 4) is 6.07 Å². The molecule has 23 heavy (non-hydrogen) atoms.